The van der Waals surface area contributed by atoms with Crippen LogP contribution in [-0.4, -0.2) is 32.3 Å². The van der Waals surface area contributed by atoms with Crippen LogP contribution in [0.15, 0.2) is 24.3 Å². The summed E-state index contributed by atoms with van der Waals surface area (Å²) in [4.78, 5) is 12.3. The van der Waals surface area contributed by atoms with Crippen LogP contribution in [-0.2, 0) is 14.6 Å². The number of carbonyl (C=O) groups is 1. The van der Waals surface area contributed by atoms with Gasteiger partial charge in [0.2, 0.25) is 0 Å². The van der Waals surface area contributed by atoms with Crippen LogP contribution >= 0.6 is 0 Å². The number of fused-ring (bicyclic) bond motifs is 1. The second kappa shape index (κ2) is 5.79. The molecule has 1 aromatic rings. The first-order chi connectivity index (χ1) is 10.0. The Labute approximate surface area is 125 Å². The van der Waals surface area contributed by atoms with Gasteiger partial charge in [-0.05, 0) is 36.3 Å². The number of hydrogen-bond donors (Lipinski definition) is 0. The number of hydrogen-bond acceptors (Lipinski definition) is 4. The van der Waals surface area contributed by atoms with Gasteiger partial charge in [0.15, 0.2) is 9.84 Å². The van der Waals surface area contributed by atoms with Crippen molar-refractivity contribution in [2.24, 2.45) is 5.92 Å². The lowest BCUT2D eigenvalue weighted by atomic mass is 9.86. The molecule has 0 spiro atoms. The van der Waals surface area contributed by atoms with E-state index >= 15 is 0 Å². The summed E-state index contributed by atoms with van der Waals surface area (Å²) >= 11 is 0. The van der Waals surface area contributed by atoms with E-state index in [1.807, 2.05) is 24.3 Å². The van der Waals surface area contributed by atoms with Gasteiger partial charge in [-0.3, -0.25) is 4.79 Å². The highest BCUT2D eigenvalue weighted by Gasteiger charge is 2.30. The molecule has 2 atom stereocenters. The lowest BCUT2D eigenvalue weighted by molar-refractivity contribution is -0.120. The van der Waals surface area contributed by atoms with Crippen LogP contribution in [0.25, 0.3) is 0 Å². The smallest absolute Gasteiger partial charge is 0.150 e. The van der Waals surface area contributed by atoms with Crippen molar-refractivity contribution in [2.75, 3.05) is 18.1 Å². The second-order valence-electron chi connectivity index (χ2n) is 6.09. The van der Waals surface area contributed by atoms with Crippen LogP contribution in [0.2, 0.25) is 0 Å². The maximum Gasteiger partial charge on any atom is 0.150 e. The lowest BCUT2D eigenvalue weighted by Crippen LogP contribution is -2.18. The predicted octanol–water partition coefficient (Wildman–Crippen LogP) is 2.34. The molecule has 0 aliphatic carbocycles. The molecule has 1 fully saturated rings. The number of ether oxygens (including phenoxy) is 1. The van der Waals surface area contributed by atoms with Crippen LogP contribution in [0.4, 0.5) is 0 Å². The Kier molecular flexibility index (Phi) is 4.02. The van der Waals surface area contributed by atoms with Crippen molar-refractivity contribution < 1.29 is 17.9 Å². The molecular weight excluding hydrogens is 288 g/mol. The van der Waals surface area contributed by atoms with Crippen molar-refractivity contribution in [3.8, 4) is 5.75 Å². The number of rotatable bonds is 4. The molecule has 2 heterocycles. The maximum atomic E-state index is 12.3. The molecule has 0 radical (unpaired) electrons. The Morgan fingerprint density at radius 3 is 2.76 bits per heavy atom. The van der Waals surface area contributed by atoms with E-state index in [-0.39, 0.29) is 29.1 Å². The molecule has 3 rings (SSSR count). The highest BCUT2D eigenvalue weighted by Crippen LogP contribution is 2.36. The molecule has 0 aromatic heterocycles. The number of carbonyl (C=O) groups excluding carboxylic acids is 1. The van der Waals surface area contributed by atoms with Crippen LogP contribution < -0.4 is 4.74 Å². The number of ketones is 1. The molecule has 1 saturated heterocycles. The molecule has 0 saturated carbocycles. The van der Waals surface area contributed by atoms with Crippen molar-refractivity contribution in [1.82, 2.24) is 0 Å². The third-order valence-electron chi connectivity index (χ3n) is 4.40. The Balaban J connectivity index is 1.61. The average Bonchev–Trinajstić information content (AvgIpc) is 2.78. The zero-order chi connectivity index (χ0) is 14.9. The minimum Gasteiger partial charge on any atom is -0.493 e. The van der Waals surface area contributed by atoms with Crippen molar-refractivity contribution in [3.63, 3.8) is 0 Å². The number of sulfone groups is 1. The fourth-order valence-corrected chi connectivity index (χ4v) is 5.20. The summed E-state index contributed by atoms with van der Waals surface area (Å²) in [5.41, 5.74) is 1.11. The van der Waals surface area contributed by atoms with E-state index in [1.165, 1.54) is 0 Å². The van der Waals surface area contributed by atoms with Crippen LogP contribution in [0, 0.1) is 5.92 Å². The lowest BCUT2D eigenvalue weighted by Gasteiger charge is -2.25. The van der Waals surface area contributed by atoms with E-state index in [0.717, 1.165) is 17.7 Å². The van der Waals surface area contributed by atoms with Gasteiger partial charge in [-0.2, -0.15) is 0 Å². The van der Waals surface area contributed by atoms with Crippen LogP contribution in [0.1, 0.15) is 37.2 Å². The second-order valence-corrected chi connectivity index (χ2v) is 8.32. The average molecular weight is 308 g/mol. The number of benzene rings is 1. The summed E-state index contributed by atoms with van der Waals surface area (Å²) < 4.78 is 28.5. The molecule has 2 aliphatic heterocycles. The molecule has 21 heavy (non-hydrogen) atoms. The summed E-state index contributed by atoms with van der Waals surface area (Å²) in [6, 6.07) is 7.86. The maximum absolute atomic E-state index is 12.3. The Morgan fingerprint density at radius 1 is 1.19 bits per heavy atom. The number of para-hydroxylation sites is 1. The van der Waals surface area contributed by atoms with Gasteiger partial charge in [0, 0.05) is 12.8 Å². The van der Waals surface area contributed by atoms with E-state index in [0.29, 0.717) is 25.9 Å². The van der Waals surface area contributed by atoms with E-state index in [9.17, 15) is 13.2 Å². The Morgan fingerprint density at radius 2 is 2.00 bits per heavy atom. The van der Waals surface area contributed by atoms with Gasteiger partial charge in [0.05, 0.1) is 18.1 Å². The minimum absolute atomic E-state index is 0.0255. The largest absolute Gasteiger partial charge is 0.493 e. The van der Waals surface area contributed by atoms with E-state index in [2.05, 4.69) is 0 Å². The molecule has 0 amide bonds. The van der Waals surface area contributed by atoms with Gasteiger partial charge in [-0.15, -0.1) is 0 Å². The van der Waals surface area contributed by atoms with Crippen molar-refractivity contribution in [2.45, 2.75) is 31.6 Å². The van der Waals surface area contributed by atoms with Gasteiger partial charge < -0.3 is 4.74 Å². The molecule has 114 valence electrons. The Bertz CT molecular complexity index is 635. The molecule has 2 unspecified atom stereocenters. The molecule has 2 aliphatic rings. The van der Waals surface area contributed by atoms with Gasteiger partial charge in [-0.1, -0.05) is 18.2 Å². The zero-order valence-corrected chi connectivity index (χ0v) is 12.8. The van der Waals surface area contributed by atoms with E-state index in [1.54, 1.807) is 0 Å². The monoisotopic (exact) mass is 308 g/mol. The quantitative estimate of drug-likeness (QED) is 0.856. The third-order valence-corrected chi connectivity index (χ3v) is 6.24. The highest BCUT2D eigenvalue weighted by atomic mass is 32.2. The van der Waals surface area contributed by atoms with Gasteiger partial charge in [0.1, 0.15) is 11.5 Å². The topological polar surface area (TPSA) is 60.4 Å². The van der Waals surface area contributed by atoms with E-state index < -0.39 is 9.84 Å². The third kappa shape index (κ3) is 3.46. The van der Waals surface area contributed by atoms with Gasteiger partial charge >= 0.3 is 0 Å². The van der Waals surface area contributed by atoms with Gasteiger partial charge in [-0.25, -0.2) is 8.42 Å². The van der Waals surface area contributed by atoms with Crippen LogP contribution in [0.5, 0.6) is 5.75 Å². The molecule has 4 nitrogen and oxygen atoms in total. The van der Waals surface area contributed by atoms with Crippen LogP contribution in [0.3, 0.4) is 0 Å². The van der Waals surface area contributed by atoms with Crippen molar-refractivity contribution in [1.29, 1.82) is 0 Å². The molecular formula is C16H20O4S. The molecule has 5 heteroatoms. The SMILES string of the molecule is O=C(CC1CCS(=O)(=O)C1)CC1CCOc2ccccc21. The normalized spacial score (nSPS) is 26.9. The summed E-state index contributed by atoms with van der Waals surface area (Å²) in [5, 5.41) is 0. The summed E-state index contributed by atoms with van der Waals surface area (Å²) in [6.07, 6.45) is 2.39. The Hall–Kier alpha value is -1.36. The van der Waals surface area contributed by atoms with Crippen molar-refractivity contribution in [3.05, 3.63) is 29.8 Å². The summed E-state index contributed by atoms with van der Waals surface area (Å²) in [7, 11) is -2.90. The molecule has 1 aromatic carbocycles. The van der Waals surface area contributed by atoms with E-state index in [4.69, 9.17) is 4.74 Å². The first kappa shape index (κ1) is 14.6. The fraction of sp³-hybridized carbons (Fsp3) is 0.562. The molecule has 0 N–H and O–H groups in total. The van der Waals surface area contributed by atoms with Gasteiger partial charge in [0.25, 0.3) is 0 Å². The minimum atomic E-state index is -2.90. The predicted molar refractivity (Wildman–Crippen MR) is 80.3 cm³/mol. The summed E-state index contributed by atoms with van der Waals surface area (Å²) in [5.74, 6) is 1.72. The van der Waals surface area contributed by atoms with Crippen molar-refractivity contribution >= 4 is 15.6 Å². The first-order valence-electron chi connectivity index (χ1n) is 7.47. The highest BCUT2D eigenvalue weighted by molar-refractivity contribution is 7.91. The summed E-state index contributed by atoms with van der Waals surface area (Å²) in [6.45, 7) is 0.646. The first-order valence-corrected chi connectivity index (χ1v) is 9.29. The fourth-order valence-electron chi connectivity index (χ4n) is 3.34. The standard InChI is InChI=1S/C16H20O4S/c17-14(9-12-6-8-21(18,19)11-12)10-13-5-7-20-16-4-2-1-3-15(13)16/h1-4,12-13H,5-11H2. The number of Topliss-reactive ketones (excluding diaryl/α,β-unsaturated/α-hetero) is 1. The molecule has 0 bridgehead atoms. The zero-order valence-electron chi connectivity index (χ0n) is 12.0.